The van der Waals surface area contributed by atoms with Crippen molar-refractivity contribution in [3.63, 3.8) is 0 Å². The van der Waals surface area contributed by atoms with Crippen LogP contribution in [0.2, 0.25) is 5.02 Å². The van der Waals surface area contributed by atoms with E-state index in [1.165, 1.54) is 14.2 Å². The molecule has 0 radical (unpaired) electrons. The zero-order chi connectivity index (χ0) is 18.1. The van der Waals surface area contributed by atoms with Crippen molar-refractivity contribution in [1.82, 2.24) is 4.90 Å². The Labute approximate surface area is 150 Å². The molecule has 1 aliphatic heterocycles. The van der Waals surface area contributed by atoms with Crippen LogP contribution >= 0.6 is 11.6 Å². The zero-order valence-corrected chi connectivity index (χ0v) is 14.8. The van der Waals surface area contributed by atoms with Crippen molar-refractivity contribution in [2.45, 2.75) is 6.92 Å². The number of rotatable bonds is 4. The number of halogens is 1. The van der Waals surface area contributed by atoms with E-state index >= 15 is 0 Å². The number of nitrogens with one attached hydrogen (secondary N) is 1. The van der Waals surface area contributed by atoms with Crippen LogP contribution in [0, 0.1) is 6.92 Å². The van der Waals surface area contributed by atoms with Crippen molar-refractivity contribution in [2.24, 2.45) is 0 Å². The second-order valence-electron chi connectivity index (χ2n) is 5.75. The number of anilines is 1. The summed E-state index contributed by atoms with van der Waals surface area (Å²) in [6, 6.07) is 12.5. The summed E-state index contributed by atoms with van der Waals surface area (Å²) >= 11 is 6.05. The van der Waals surface area contributed by atoms with Gasteiger partial charge >= 0.3 is 0 Å². The van der Waals surface area contributed by atoms with E-state index in [1.807, 2.05) is 31.2 Å². The average molecular weight is 357 g/mol. The Morgan fingerprint density at radius 2 is 1.72 bits per heavy atom. The first-order chi connectivity index (χ1) is 11.9. The summed E-state index contributed by atoms with van der Waals surface area (Å²) in [4.78, 5) is 26.2. The lowest BCUT2D eigenvalue weighted by atomic mass is 10.0. The van der Waals surface area contributed by atoms with Gasteiger partial charge in [0.15, 0.2) is 0 Å². The highest BCUT2D eigenvalue weighted by Crippen LogP contribution is 2.34. The minimum Gasteiger partial charge on any atom is -0.495 e. The van der Waals surface area contributed by atoms with Crippen LogP contribution in [0.25, 0.3) is 5.57 Å². The monoisotopic (exact) mass is 356 g/mol. The van der Waals surface area contributed by atoms with Gasteiger partial charge in [0.05, 0.1) is 18.4 Å². The number of nitrogens with zero attached hydrogens (tertiary/aromatic N) is 1. The molecule has 1 N–H and O–H groups in total. The van der Waals surface area contributed by atoms with Crippen molar-refractivity contribution in [2.75, 3.05) is 19.5 Å². The molecule has 6 heteroatoms. The number of carbonyl (C=O) groups is 2. The third kappa shape index (κ3) is 3.10. The standard InChI is InChI=1S/C19H17ClN2O3/c1-11-4-6-12(7-5-11)16-17(19(24)22(2)18(16)23)21-14-10-13(20)8-9-15(14)25-3/h4-10,21H,1-3H3. The molecule has 2 aromatic rings. The van der Waals surface area contributed by atoms with Crippen molar-refractivity contribution in [3.8, 4) is 5.75 Å². The summed E-state index contributed by atoms with van der Waals surface area (Å²) in [7, 11) is 2.99. The molecule has 2 amide bonds. The van der Waals surface area contributed by atoms with E-state index in [9.17, 15) is 9.59 Å². The Kier molecular flexibility index (Phi) is 4.51. The number of benzene rings is 2. The van der Waals surface area contributed by atoms with Crippen molar-refractivity contribution in [1.29, 1.82) is 0 Å². The molecule has 0 bridgehead atoms. The molecule has 1 heterocycles. The smallest absolute Gasteiger partial charge is 0.277 e. The molecule has 1 aliphatic rings. The molecule has 0 spiro atoms. The summed E-state index contributed by atoms with van der Waals surface area (Å²) in [5, 5.41) is 3.52. The second kappa shape index (κ2) is 6.61. The normalized spacial score (nSPS) is 14.3. The van der Waals surface area contributed by atoms with Gasteiger partial charge in [0.1, 0.15) is 11.4 Å². The highest BCUT2D eigenvalue weighted by atomic mass is 35.5. The minimum atomic E-state index is -0.400. The van der Waals surface area contributed by atoms with Crippen LogP contribution < -0.4 is 10.1 Å². The quantitative estimate of drug-likeness (QED) is 0.852. The van der Waals surface area contributed by atoms with Gasteiger partial charge in [-0.05, 0) is 30.7 Å². The van der Waals surface area contributed by atoms with Crippen LogP contribution in [-0.4, -0.2) is 30.9 Å². The number of methoxy groups -OCH3 is 1. The summed E-state index contributed by atoms with van der Waals surface area (Å²) in [6.07, 6.45) is 0. The lowest BCUT2D eigenvalue weighted by molar-refractivity contribution is -0.135. The van der Waals surface area contributed by atoms with E-state index in [-0.39, 0.29) is 11.6 Å². The fourth-order valence-corrected chi connectivity index (χ4v) is 2.83. The van der Waals surface area contributed by atoms with Crippen LogP contribution in [-0.2, 0) is 9.59 Å². The summed E-state index contributed by atoms with van der Waals surface area (Å²) in [5.41, 5.74) is 2.80. The highest BCUT2D eigenvalue weighted by Gasteiger charge is 2.37. The molecule has 2 aromatic carbocycles. The predicted molar refractivity (Wildman–Crippen MR) is 97.5 cm³/mol. The number of amides is 2. The van der Waals surface area contributed by atoms with Crippen molar-refractivity contribution < 1.29 is 14.3 Å². The first kappa shape index (κ1) is 17.0. The van der Waals surface area contributed by atoms with Gasteiger partial charge in [-0.2, -0.15) is 0 Å². The molecule has 128 valence electrons. The number of aryl methyl sites for hydroxylation is 1. The van der Waals surface area contributed by atoms with Gasteiger partial charge in [-0.3, -0.25) is 14.5 Å². The fourth-order valence-electron chi connectivity index (χ4n) is 2.66. The van der Waals surface area contributed by atoms with Crippen molar-refractivity contribution >= 4 is 34.7 Å². The van der Waals surface area contributed by atoms with Gasteiger partial charge in [0, 0.05) is 12.1 Å². The number of imide groups is 1. The average Bonchev–Trinajstić information content (AvgIpc) is 2.80. The molecule has 0 aliphatic carbocycles. The van der Waals surface area contributed by atoms with Crippen LogP contribution in [0.5, 0.6) is 5.75 Å². The maximum atomic E-state index is 12.6. The lowest BCUT2D eigenvalue weighted by Crippen LogP contribution is -2.27. The Balaban J connectivity index is 2.12. The third-order valence-corrected chi connectivity index (χ3v) is 4.28. The second-order valence-corrected chi connectivity index (χ2v) is 6.19. The summed E-state index contributed by atoms with van der Waals surface area (Å²) in [5.74, 6) is -0.227. The highest BCUT2D eigenvalue weighted by molar-refractivity contribution is 6.36. The van der Waals surface area contributed by atoms with Crippen molar-refractivity contribution in [3.05, 3.63) is 64.3 Å². The van der Waals surface area contributed by atoms with Gasteiger partial charge in [-0.15, -0.1) is 0 Å². The van der Waals surface area contributed by atoms with Crippen LogP contribution in [0.3, 0.4) is 0 Å². The number of ether oxygens (including phenoxy) is 1. The third-order valence-electron chi connectivity index (χ3n) is 4.05. The van der Waals surface area contributed by atoms with Crippen LogP contribution in [0.1, 0.15) is 11.1 Å². The maximum Gasteiger partial charge on any atom is 0.277 e. The first-order valence-corrected chi connectivity index (χ1v) is 8.04. The zero-order valence-electron chi connectivity index (χ0n) is 14.1. The molecule has 0 atom stereocenters. The molecule has 0 unspecified atom stereocenters. The molecule has 0 aromatic heterocycles. The van der Waals surface area contributed by atoms with E-state index in [0.29, 0.717) is 27.6 Å². The molecule has 3 rings (SSSR count). The van der Waals surface area contributed by atoms with Crippen LogP contribution in [0.15, 0.2) is 48.2 Å². The van der Waals surface area contributed by atoms with Crippen LogP contribution in [0.4, 0.5) is 5.69 Å². The van der Waals surface area contributed by atoms with Gasteiger partial charge in [-0.1, -0.05) is 41.4 Å². The topological polar surface area (TPSA) is 58.6 Å². The molecule has 0 fully saturated rings. The fraction of sp³-hybridized carbons (Fsp3) is 0.158. The SMILES string of the molecule is COc1ccc(Cl)cc1NC1=C(c2ccc(C)cc2)C(=O)N(C)C1=O. The van der Waals surface area contributed by atoms with E-state index in [2.05, 4.69) is 5.32 Å². The van der Waals surface area contributed by atoms with E-state index < -0.39 is 5.91 Å². The number of likely N-dealkylation sites (N-methyl/N-ethyl adjacent to an activating group) is 1. The Morgan fingerprint density at radius 1 is 1.04 bits per heavy atom. The van der Waals surface area contributed by atoms with E-state index in [0.717, 1.165) is 10.5 Å². The number of hydrogen-bond acceptors (Lipinski definition) is 4. The van der Waals surface area contributed by atoms with E-state index in [4.69, 9.17) is 16.3 Å². The molecule has 25 heavy (non-hydrogen) atoms. The Bertz CT molecular complexity index is 888. The first-order valence-electron chi connectivity index (χ1n) is 7.66. The van der Waals surface area contributed by atoms with Gasteiger partial charge < -0.3 is 10.1 Å². The van der Waals surface area contributed by atoms with Gasteiger partial charge in [0.25, 0.3) is 11.8 Å². The minimum absolute atomic E-state index is 0.205. The predicted octanol–water partition coefficient (Wildman–Crippen LogP) is 3.48. The largest absolute Gasteiger partial charge is 0.495 e. The van der Waals surface area contributed by atoms with E-state index in [1.54, 1.807) is 18.2 Å². The molecule has 5 nitrogen and oxygen atoms in total. The molecular weight excluding hydrogens is 340 g/mol. The summed E-state index contributed by atoms with van der Waals surface area (Å²) in [6.45, 7) is 1.96. The summed E-state index contributed by atoms with van der Waals surface area (Å²) < 4.78 is 5.30. The molecular formula is C19H17ClN2O3. The maximum absolute atomic E-state index is 12.6. The Hall–Kier alpha value is -2.79. The lowest BCUT2D eigenvalue weighted by Gasteiger charge is -2.13. The molecule has 0 saturated carbocycles. The number of hydrogen-bond donors (Lipinski definition) is 1. The van der Waals surface area contributed by atoms with Gasteiger partial charge in [0.2, 0.25) is 0 Å². The van der Waals surface area contributed by atoms with Gasteiger partial charge in [-0.25, -0.2) is 0 Å². The molecule has 0 saturated heterocycles. The Morgan fingerprint density at radius 3 is 2.36 bits per heavy atom. The number of carbonyl (C=O) groups excluding carboxylic acids is 2.